The average molecular weight is 214 g/mol. The van der Waals surface area contributed by atoms with Crippen molar-refractivity contribution in [1.29, 1.82) is 0 Å². The number of amides is 1. The molecule has 76 valence electrons. The molecule has 1 N–H and O–H groups in total. The molecule has 0 bridgehead atoms. The molecule has 0 radical (unpaired) electrons. The van der Waals surface area contributed by atoms with E-state index >= 15 is 0 Å². The number of carbonyl (C=O) groups excluding carboxylic acids is 2. The number of ether oxygens (including phenoxy) is 1. The summed E-state index contributed by atoms with van der Waals surface area (Å²) in [4.78, 5) is 25.2. The fourth-order valence-electron chi connectivity index (χ4n) is 0.759. The molecule has 14 heavy (non-hydrogen) atoms. The Morgan fingerprint density at radius 3 is 3.00 bits per heavy atom. The highest BCUT2D eigenvalue weighted by molar-refractivity contribution is 7.14. The summed E-state index contributed by atoms with van der Waals surface area (Å²) in [5, 5.41) is 4.28. The van der Waals surface area contributed by atoms with Crippen LogP contribution in [0.2, 0.25) is 0 Å². The van der Waals surface area contributed by atoms with Crippen LogP contribution in [-0.4, -0.2) is 23.5 Å². The maximum Gasteiger partial charge on any atom is 0.358 e. The lowest BCUT2D eigenvalue weighted by molar-refractivity contribution is -0.105. The van der Waals surface area contributed by atoms with Gasteiger partial charge in [-0.3, -0.25) is 4.79 Å². The van der Waals surface area contributed by atoms with E-state index in [2.05, 4.69) is 10.3 Å². The minimum atomic E-state index is -0.477. The summed E-state index contributed by atoms with van der Waals surface area (Å²) in [6.07, 6.45) is 0.336. The van der Waals surface area contributed by atoms with E-state index in [1.807, 2.05) is 0 Å². The van der Waals surface area contributed by atoms with Crippen LogP contribution in [0.15, 0.2) is 5.38 Å². The molecule has 1 rings (SSSR count). The van der Waals surface area contributed by atoms with Crippen molar-refractivity contribution in [2.75, 3.05) is 5.32 Å². The van der Waals surface area contributed by atoms with Gasteiger partial charge in [-0.05, 0) is 13.8 Å². The summed E-state index contributed by atoms with van der Waals surface area (Å²) in [6.45, 7) is 3.52. The minimum absolute atomic E-state index is 0.174. The van der Waals surface area contributed by atoms with E-state index in [9.17, 15) is 9.59 Å². The normalized spacial score (nSPS) is 9.93. The summed E-state index contributed by atoms with van der Waals surface area (Å²) < 4.78 is 4.92. The molecule has 1 aromatic rings. The van der Waals surface area contributed by atoms with Crippen molar-refractivity contribution in [3.63, 3.8) is 0 Å². The fraction of sp³-hybridized carbons (Fsp3) is 0.375. The van der Waals surface area contributed by atoms with E-state index in [1.165, 1.54) is 16.7 Å². The van der Waals surface area contributed by atoms with Crippen LogP contribution in [0, 0.1) is 0 Å². The Morgan fingerprint density at radius 1 is 1.71 bits per heavy atom. The van der Waals surface area contributed by atoms with Crippen molar-refractivity contribution < 1.29 is 14.3 Å². The maximum atomic E-state index is 11.3. The predicted molar refractivity (Wildman–Crippen MR) is 52.4 cm³/mol. The molecule has 0 saturated heterocycles. The highest BCUT2D eigenvalue weighted by atomic mass is 32.1. The van der Waals surface area contributed by atoms with Gasteiger partial charge in [-0.15, -0.1) is 11.3 Å². The summed E-state index contributed by atoms with van der Waals surface area (Å²) in [5.74, 6) is -0.477. The molecule has 0 atom stereocenters. The average Bonchev–Trinajstić information content (AvgIpc) is 2.52. The molecule has 1 aromatic heterocycles. The zero-order chi connectivity index (χ0) is 10.6. The number of nitrogens with zero attached hydrogens (tertiary/aromatic N) is 1. The molecular weight excluding hydrogens is 204 g/mol. The van der Waals surface area contributed by atoms with Gasteiger partial charge in [0.05, 0.1) is 6.10 Å². The molecule has 1 amide bonds. The third-order valence-electron chi connectivity index (χ3n) is 1.24. The lowest BCUT2D eigenvalue weighted by Crippen LogP contribution is -2.11. The summed E-state index contributed by atoms with van der Waals surface area (Å²) in [5.41, 5.74) is 0.216. The molecule has 1 heterocycles. The zero-order valence-corrected chi connectivity index (χ0v) is 8.63. The van der Waals surface area contributed by atoms with Gasteiger partial charge in [0.15, 0.2) is 10.8 Å². The van der Waals surface area contributed by atoms with Gasteiger partial charge in [0.25, 0.3) is 0 Å². The van der Waals surface area contributed by atoms with Gasteiger partial charge in [-0.25, -0.2) is 9.78 Å². The van der Waals surface area contributed by atoms with Crippen molar-refractivity contribution in [2.24, 2.45) is 0 Å². The second-order valence-electron chi connectivity index (χ2n) is 2.75. The van der Waals surface area contributed by atoms with Gasteiger partial charge in [-0.2, -0.15) is 0 Å². The summed E-state index contributed by atoms with van der Waals surface area (Å²) >= 11 is 1.18. The Morgan fingerprint density at radius 2 is 2.43 bits per heavy atom. The fourth-order valence-corrected chi connectivity index (χ4v) is 1.40. The number of rotatable bonds is 4. The predicted octanol–water partition coefficient (Wildman–Crippen LogP) is 1.28. The van der Waals surface area contributed by atoms with Crippen molar-refractivity contribution in [1.82, 2.24) is 4.98 Å². The largest absolute Gasteiger partial charge is 0.458 e. The molecule has 0 aromatic carbocycles. The van der Waals surface area contributed by atoms with Crippen molar-refractivity contribution >= 4 is 28.8 Å². The molecule has 0 aliphatic carbocycles. The Hall–Kier alpha value is -1.43. The van der Waals surface area contributed by atoms with Crippen molar-refractivity contribution in [3.8, 4) is 0 Å². The molecule has 0 fully saturated rings. The van der Waals surface area contributed by atoms with Crippen molar-refractivity contribution in [2.45, 2.75) is 20.0 Å². The molecule has 0 unspecified atom stereocenters. The van der Waals surface area contributed by atoms with Crippen LogP contribution in [0.3, 0.4) is 0 Å². The standard InChI is InChI=1S/C8H10N2O3S/c1-5(2)13-7(12)6-3-14-8(10-6)9-4-11/h3-5H,1-2H3,(H,9,10,11). The van der Waals surface area contributed by atoms with Gasteiger partial charge in [0.1, 0.15) is 0 Å². The number of hydrogen-bond donors (Lipinski definition) is 1. The van der Waals surface area contributed by atoms with Gasteiger partial charge in [-0.1, -0.05) is 0 Å². The molecule has 6 heteroatoms. The summed E-state index contributed by atoms with van der Waals surface area (Å²) in [7, 11) is 0. The van der Waals surface area contributed by atoms with E-state index < -0.39 is 5.97 Å². The van der Waals surface area contributed by atoms with Gasteiger partial charge in [0, 0.05) is 5.38 Å². The Bertz CT molecular complexity index is 335. The zero-order valence-electron chi connectivity index (χ0n) is 7.81. The Kier molecular flexibility index (Phi) is 3.58. The first-order valence-corrected chi connectivity index (χ1v) is 4.88. The first-order valence-electron chi connectivity index (χ1n) is 4.00. The third-order valence-corrected chi connectivity index (χ3v) is 2.01. The molecular formula is C8H10N2O3S. The number of nitrogens with one attached hydrogen (secondary N) is 1. The topological polar surface area (TPSA) is 68.3 Å². The second-order valence-corrected chi connectivity index (χ2v) is 3.61. The number of carbonyl (C=O) groups is 2. The highest BCUT2D eigenvalue weighted by Gasteiger charge is 2.12. The Balaban J connectivity index is 2.66. The second kappa shape index (κ2) is 4.71. The number of thiazole rings is 1. The van der Waals surface area contributed by atoms with Crippen LogP contribution in [-0.2, 0) is 9.53 Å². The third kappa shape index (κ3) is 2.81. The van der Waals surface area contributed by atoms with Crippen LogP contribution < -0.4 is 5.32 Å². The Labute approximate surface area is 85.1 Å². The molecule has 0 spiro atoms. The number of aromatic nitrogens is 1. The molecule has 5 nitrogen and oxygen atoms in total. The van der Waals surface area contributed by atoms with Crippen LogP contribution in [0.25, 0.3) is 0 Å². The monoisotopic (exact) mass is 214 g/mol. The van der Waals surface area contributed by atoms with Gasteiger partial charge in [0.2, 0.25) is 6.41 Å². The van der Waals surface area contributed by atoms with Crippen LogP contribution in [0.4, 0.5) is 5.13 Å². The first kappa shape index (κ1) is 10.6. The number of anilines is 1. The van der Waals surface area contributed by atoms with E-state index in [0.29, 0.717) is 11.5 Å². The van der Waals surface area contributed by atoms with Crippen LogP contribution >= 0.6 is 11.3 Å². The first-order chi connectivity index (χ1) is 6.63. The number of esters is 1. The van der Waals surface area contributed by atoms with E-state index in [0.717, 1.165) is 0 Å². The molecule has 0 aliphatic rings. The lowest BCUT2D eigenvalue weighted by Gasteiger charge is -2.04. The van der Waals surface area contributed by atoms with Crippen LogP contribution in [0.1, 0.15) is 24.3 Å². The minimum Gasteiger partial charge on any atom is -0.458 e. The molecule has 0 aliphatic heterocycles. The van der Waals surface area contributed by atoms with Gasteiger partial charge >= 0.3 is 5.97 Å². The number of hydrogen-bond acceptors (Lipinski definition) is 5. The quantitative estimate of drug-likeness (QED) is 0.605. The van der Waals surface area contributed by atoms with Gasteiger partial charge < -0.3 is 10.1 Å². The summed E-state index contributed by atoms with van der Waals surface area (Å²) in [6, 6.07) is 0. The highest BCUT2D eigenvalue weighted by Crippen LogP contribution is 2.15. The van der Waals surface area contributed by atoms with E-state index in [-0.39, 0.29) is 11.8 Å². The smallest absolute Gasteiger partial charge is 0.358 e. The maximum absolute atomic E-state index is 11.3. The van der Waals surface area contributed by atoms with E-state index in [4.69, 9.17) is 4.74 Å². The van der Waals surface area contributed by atoms with Crippen molar-refractivity contribution in [3.05, 3.63) is 11.1 Å². The molecule has 0 saturated carbocycles. The SMILES string of the molecule is CC(C)OC(=O)c1csc(NC=O)n1. The lowest BCUT2D eigenvalue weighted by atomic mass is 10.4. The van der Waals surface area contributed by atoms with Crippen LogP contribution in [0.5, 0.6) is 0 Å². The van der Waals surface area contributed by atoms with E-state index in [1.54, 1.807) is 13.8 Å².